The van der Waals surface area contributed by atoms with E-state index in [-0.39, 0.29) is 0 Å². The Bertz CT molecular complexity index is 134. The SMILES string of the molecule is CCCC(C)C[CH2][Al]([Cl])[CH2]CC(C)CCC. The Morgan fingerprint density at radius 2 is 1.19 bits per heavy atom. The van der Waals surface area contributed by atoms with Crippen molar-refractivity contribution in [3.05, 3.63) is 0 Å². The zero-order chi connectivity index (χ0) is 12.4. The molecule has 0 radical (unpaired) electrons. The van der Waals surface area contributed by atoms with Crippen molar-refractivity contribution in [2.45, 2.75) is 76.8 Å². The van der Waals surface area contributed by atoms with E-state index in [0.717, 1.165) is 11.8 Å². The monoisotopic (exact) mass is 260 g/mol. The Hall–Kier alpha value is 0.822. The van der Waals surface area contributed by atoms with E-state index in [9.17, 15) is 0 Å². The molecule has 0 rings (SSSR count). The fourth-order valence-electron chi connectivity index (χ4n) is 2.35. The van der Waals surface area contributed by atoms with Gasteiger partial charge >= 0.3 is 13.2 Å². The molecule has 0 aliphatic carbocycles. The Balaban J connectivity index is 3.46. The maximum atomic E-state index is 6.51. The summed E-state index contributed by atoms with van der Waals surface area (Å²) < 4.78 is 0. The van der Waals surface area contributed by atoms with Crippen LogP contribution in [0.4, 0.5) is 0 Å². The molecule has 0 heterocycles. The van der Waals surface area contributed by atoms with E-state index in [1.54, 1.807) is 0 Å². The van der Waals surface area contributed by atoms with Gasteiger partial charge in [-0.2, -0.15) is 0 Å². The number of hydrogen-bond donors (Lipinski definition) is 0. The van der Waals surface area contributed by atoms with Crippen LogP contribution in [0.25, 0.3) is 0 Å². The average Bonchev–Trinajstić information content (AvgIpc) is 2.24. The summed E-state index contributed by atoms with van der Waals surface area (Å²) in [5.41, 5.74) is 0. The van der Waals surface area contributed by atoms with Gasteiger partial charge in [0, 0.05) is 0 Å². The van der Waals surface area contributed by atoms with Crippen molar-refractivity contribution in [3.63, 3.8) is 0 Å². The normalized spacial score (nSPS) is 14.8. The van der Waals surface area contributed by atoms with Gasteiger partial charge in [0.1, 0.15) is 0 Å². The molecular weight excluding hydrogens is 231 g/mol. The fourth-order valence-corrected chi connectivity index (χ4v) is 5.26. The minimum atomic E-state index is -0.892. The van der Waals surface area contributed by atoms with Crippen molar-refractivity contribution in [2.24, 2.45) is 11.8 Å². The van der Waals surface area contributed by atoms with Crippen LogP contribution in [0.5, 0.6) is 0 Å². The zero-order valence-electron chi connectivity index (χ0n) is 11.8. The molecule has 2 heteroatoms. The lowest BCUT2D eigenvalue weighted by Gasteiger charge is -2.13. The summed E-state index contributed by atoms with van der Waals surface area (Å²) >= 11 is -0.892. The molecule has 0 aliphatic heterocycles. The van der Waals surface area contributed by atoms with E-state index in [1.165, 1.54) is 49.1 Å². The molecule has 0 aliphatic rings. The smallest absolute Gasteiger partial charge is 0.261 e. The quantitative estimate of drug-likeness (QED) is 0.431. The third kappa shape index (κ3) is 10.0. The molecule has 0 aromatic carbocycles. The summed E-state index contributed by atoms with van der Waals surface area (Å²) in [5, 5.41) is 2.70. The van der Waals surface area contributed by atoms with Crippen LogP contribution in [0.15, 0.2) is 0 Å². The predicted molar refractivity (Wildman–Crippen MR) is 78.6 cm³/mol. The standard InChI is InChI=1S/2C7H15.Al.ClH/c2*1-4-6-7(3)5-2;;/h2*7H,2,4-6H2,1,3H3;;1H/q;;+1;/p-1. The van der Waals surface area contributed by atoms with Gasteiger partial charge in [-0.25, -0.2) is 0 Å². The third-order valence-corrected chi connectivity index (χ3v) is 6.74. The maximum absolute atomic E-state index is 6.51. The van der Waals surface area contributed by atoms with Crippen molar-refractivity contribution >= 4 is 23.3 Å². The second-order valence-electron chi connectivity index (χ2n) is 5.54. The highest BCUT2D eigenvalue weighted by atomic mass is 35.6. The van der Waals surface area contributed by atoms with Crippen LogP contribution in [-0.2, 0) is 0 Å². The van der Waals surface area contributed by atoms with Gasteiger partial charge in [-0.05, 0) is 11.8 Å². The highest BCUT2D eigenvalue weighted by Gasteiger charge is 2.16. The maximum Gasteiger partial charge on any atom is 0.399 e. The molecule has 0 N–H and O–H groups in total. The number of halogens is 1. The van der Waals surface area contributed by atoms with E-state index in [2.05, 4.69) is 27.7 Å². The molecule has 0 nitrogen and oxygen atoms in total. The molecule has 96 valence electrons. The average molecular weight is 261 g/mol. The minimum absolute atomic E-state index is 0.892. The lowest BCUT2D eigenvalue weighted by Crippen LogP contribution is -2.08. The first-order chi connectivity index (χ1) is 7.60. The fraction of sp³-hybridized carbons (Fsp3) is 1.00. The summed E-state index contributed by atoms with van der Waals surface area (Å²) in [7, 11) is 6.51. The van der Waals surface area contributed by atoms with E-state index in [0.29, 0.717) is 0 Å². The van der Waals surface area contributed by atoms with Crippen molar-refractivity contribution in [3.8, 4) is 0 Å². The first-order valence-electron chi connectivity index (χ1n) is 7.24. The molecule has 0 saturated heterocycles. The lowest BCUT2D eigenvalue weighted by atomic mass is 10.0. The van der Waals surface area contributed by atoms with Crippen molar-refractivity contribution in [1.82, 2.24) is 0 Å². The van der Waals surface area contributed by atoms with Gasteiger partial charge in [-0.15, -0.1) is 0 Å². The van der Waals surface area contributed by atoms with Gasteiger partial charge in [0.15, 0.2) is 0 Å². The highest BCUT2D eigenvalue weighted by Crippen LogP contribution is 2.21. The van der Waals surface area contributed by atoms with Gasteiger partial charge in [-0.1, -0.05) is 76.8 Å². The number of hydrogen-bond acceptors (Lipinski definition) is 0. The second-order valence-corrected chi connectivity index (χ2v) is 9.74. The van der Waals surface area contributed by atoms with Crippen LogP contribution in [0.2, 0.25) is 10.6 Å². The lowest BCUT2D eigenvalue weighted by molar-refractivity contribution is 0.499. The topological polar surface area (TPSA) is 0 Å². The van der Waals surface area contributed by atoms with Crippen LogP contribution >= 0.6 is 10.0 Å². The third-order valence-electron chi connectivity index (χ3n) is 3.51. The van der Waals surface area contributed by atoms with E-state index < -0.39 is 13.2 Å². The van der Waals surface area contributed by atoms with E-state index in [1.807, 2.05) is 0 Å². The largest absolute Gasteiger partial charge is 0.399 e. The summed E-state index contributed by atoms with van der Waals surface area (Å²) in [5.74, 6) is 1.79. The van der Waals surface area contributed by atoms with Crippen LogP contribution < -0.4 is 0 Å². The molecule has 0 aromatic heterocycles. The van der Waals surface area contributed by atoms with Gasteiger partial charge in [-0.3, -0.25) is 10.0 Å². The first-order valence-corrected chi connectivity index (χ1v) is 10.6. The number of rotatable bonds is 10. The Morgan fingerprint density at radius 1 is 0.812 bits per heavy atom. The van der Waals surface area contributed by atoms with Crippen molar-refractivity contribution < 1.29 is 0 Å². The van der Waals surface area contributed by atoms with E-state index >= 15 is 0 Å². The minimum Gasteiger partial charge on any atom is -0.261 e. The van der Waals surface area contributed by atoms with Crippen LogP contribution in [0.1, 0.15) is 66.2 Å². The summed E-state index contributed by atoms with van der Waals surface area (Å²) in [6.45, 7) is 9.31. The summed E-state index contributed by atoms with van der Waals surface area (Å²) in [6.07, 6.45) is 8.15. The Kier molecular flexibility index (Phi) is 11.5. The zero-order valence-corrected chi connectivity index (χ0v) is 13.7. The molecule has 2 unspecified atom stereocenters. The molecule has 0 aromatic rings. The Morgan fingerprint density at radius 3 is 1.50 bits per heavy atom. The predicted octanol–water partition coefficient (Wildman–Crippen LogP) is 5.87. The van der Waals surface area contributed by atoms with Crippen LogP contribution in [0, 0.1) is 11.8 Å². The first kappa shape index (κ1) is 16.8. The molecule has 0 fully saturated rings. The Labute approximate surface area is 112 Å². The molecule has 2 atom stereocenters. The van der Waals surface area contributed by atoms with Crippen molar-refractivity contribution in [2.75, 3.05) is 0 Å². The second kappa shape index (κ2) is 10.9. The van der Waals surface area contributed by atoms with Crippen molar-refractivity contribution in [1.29, 1.82) is 0 Å². The van der Waals surface area contributed by atoms with E-state index in [4.69, 9.17) is 10.0 Å². The molecule has 0 bridgehead atoms. The summed E-state index contributed by atoms with van der Waals surface area (Å²) in [6, 6.07) is 0. The molecule has 0 saturated carbocycles. The van der Waals surface area contributed by atoms with Crippen LogP contribution in [-0.4, -0.2) is 13.2 Å². The molecule has 16 heavy (non-hydrogen) atoms. The van der Waals surface area contributed by atoms with Gasteiger partial charge in [0.05, 0.1) is 0 Å². The van der Waals surface area contributed by atoms with Gasteiger partial charge in [0.25, 0.3) is 0 Å². The van der Waals surface area contributed by atoms with Gasteiger partial charge in [0.2, 0.25) is 0 Å². The molecule has 0 amide bonds. The molecule has 0 spiro atoms. The summed E-state index contributed by atoms with van der Waals surface area (Å²) in [4.78, 5) is 0. The van der Waals surface area contributed by atoms with Crippen LogP contribution in [0.3, 0.4) is 0 Å². The molecular formula is C14H30AlCl. The highest BCUT2D eigenvalue weighted by molar-refractivity contribution is 7.06. The van der Waals surface area contributed by atoms with Gasteiger partial charge < -0.3 is 0 Å².